The van der Waals surface area contributed by atoms with E-state index in [0.29, 0.717) is 12.0 Å². The number of phenols is 1. The van der Waals surface area contributed by atoms with E-state index in [-0.39, 0.29) is 18.1 Å². The quantitative estimate of drug-likeness (QED) is 0.565. The standard InChI is InChI=1S/C17H18N2O3/c20-15-9-5-4-8-14(15)12-18-19-17(22)11-10-16(21)13-6-2-1-3-7-13/h1-9,12,16,20-21H,10-11H2,(H,19,22)/b18-12-/t16-/m1/s1. The van der Waals surface area contributed by atoms with Gasteiger partial charge in [0.25, 0.3) is 0 Å². The van der Waals surface area contributed by atoms with Crippen molar-refractivity contribution in [1.29, 1.82) is 0 Å². The molecule has 1 amide bonds. The molecule has 0 saturated carbocycles. The smallest absolute Gasteiger partial charge is 0.240 e. The molecule has 2 aromatic rings. The van der Waals surface area contributed by atoms with E-state index in [1.165, 1.54) is 6.21 Å². The van der Waals surface area contributed by atoms with Crippen LogP contribution in [0.5, 0.6) is 5.75 Å². The summed E-state index contributed by atoms with van der Waals surface area (Å²) in [7, 11) is 0. The first kappa shape index (κ1) is 15.7. The Morgan fingerprint density at radius 1 is 1.14 bits per heavy atom. The maximum Gasteiger partial charge on any atom is 0.240 e. The Morgan fingerprint density at radius 2 is 1.82 bits per heavy atom. The van der Waals surface area contributed by atoms with Crippen molar-refractivity contribution in [2.24, 2.45) is 5.10 Å². The van der Waals surface area contributed by atoms with Crippen LogP contribution in [0.15, 0.2) is 59.7 Å². The van der Waals surface area contributed by atoms with Crippen molar-refractivity contribution in [2.45, 2.75) is 18.9 Å². The van der Waals surface area contributed by atoms with Gasteiger partial charge in [0.2, 0.25) is 5.91 Å². The highest BCUT2D eigenvalue weighted by Gasteiger charge is 2.09. The van der Waals surface area contributed by atoms with Gasteiger partial charge in [0.1, 0.15) is 5.75 Å². The number of aliphatic hydroxyl groups excluding tert-OH is 1. The minimum absolute atomic E-state index is 0.0972. The Balaban J connectivity index is 1.78. The predicted molar refractivity (Wildman–Crippen MR) is 84.5 cm³/mol. The number of rotatable bonds is 6. The number of carbonyl (C=O) groups excluding carboxylic acids is 1. The van der Waals surface area contributed by atoms with E-state index in [4.69, 9.17) is 0 Å². The molecule has 0 bridgehead atoms. The monoisotopic (exact) mass is 298 g/mol. The Morgan fingerprint density at radius 3 is 2.55 bits per heavy atom. The molecule has 5 heteroatoms. The van der Waals surface area contributed by atoms with Gasteiger partial charge < -0.3 is 10.2 Å². The Kier molecular flexibility index (Phi) is 5.68. The predicted octanol–water partition coefficient (Wildman–Crippen LogP) is 2.36. The third kappa shape index (κ3) is 4.71. The van der Waals surface area contributed by atoms with Crippen LogP contribution < -0.4 is 5.43 Å². The highest BCUT2D eigenvalue weighted by molar-refractivity contribution is 5.84. The number of hydrazone groups is 1. The molecule has 2 aromatic carbocycles. The van der Waals surface area contributed by atoms with E-state index in [0.717, 1.165) is 5.56 Å². The molecule has 0 heterocycles. The fourth-order valence-electron chi connectivity index (χ4n) is 1.94. The topological polar surface area (TPSA) is 81.9 Å². The zero-order valence-corrected chi connectivity index (χ0v) is 12.0. The average molecular weight is 298 g/mol. The largest absolute Gasteiger partial charge is 0.507 e. The fourth-order valence-corrected chi connectivity index (χ4v) is 1.94. The number of phenolic OH excluding ortho intramolecular Hbond substituents is 1. The molecule has 0 aliphatic rings. The van der Waals surface area contributed by atoms with E-state index >= 15 is 0 Å². The molecule has 5 nitrogen and oxygen atoms in total. The number of aromatic hydroxyl groups is 1. The van der Waals surface area contributed by atoms with Gasteiger partial charge >= 0.3 is 0 Å². The second-order valence-corrected chi connectivity index (χ2v) is 4.82. The summed E-state index contributed by atoms with van der Waals surface area (Å²) in [6.07, 6.45) is 1.19. The van der Waals surface area contributed by atoms with Crippen LogP contribution in [0.1, 0.15) is 30.1 Å². The van der Waals surface area contributed by atoms with E-state index in [1.807, 2.05) is 30.3 Å². The van der Waals surface area contributed by atoms with Gasteiger partial charge in [-0.05, 0) is 24.1 Å². The van der Waals surface area contributed by atoms with Crippen LogP contribution in [0, 0.1) is 0 Å². The summed E-state index contributed by atoms with van der Waals surface area (Å²) in [6, 6.07) is 15.9. The number of amides is 1. The molecule has 1 atom stereocenters. The van der Waals surface area contributed by atoms with Crippen molar-refractivity contribution in [1.82, 2.24) is 5.43 Å². The van der Waals surface area contributed by atoms with Crippen LogP contribution in [-0.4, -0.2) is 22.3 Å². The normalized spacial score (nSPS) is 12.2. The van der Waals surface area contributed by atoms with Gasteiger partial charge in [0.05, 0.1) is 12.3 Å². The number of carbonyl (C=O) groups is 1. The van der Waals surface area contributed by atoms with Crippen molar-refractivity contribution < 1.29 is 15.0 Å². The van der Waals surface area contributed by atoms with Crippen LogP contribution in [-0.2, 0) is 4.79 Å². The van der Waals surface area contributed by atoms with E-state index in [9.17, 15) is 15.0 Å². The third-order valence-corrected chi connectivity index (χ3v) is 3.16. The molecule has 0 spiro atoms. The van der Waals surface area contributed by atoms with Gasteiger partial charge in [0, 0.05) is 12.0 Å². The van der Waals surface area contributed by atoms with Gasteiger partial charge in [-0.15, -0.1) is 0 Å². The third-order valence-electron chi connectivity index (χ3n) is 3.16. The molecule has 114 valence electrons. The summed E-state index contributed by atoms with van der Waals surface area (Å²) in [5, 5.41) is 23.3. The minimum atomic E-state index is -0.672. The number of para-hydroxylation sites is 1. The molecule has 22 heavy (non-hydrogen) atoms. The SMILES string of the molecule is O=C(CC[C@@H](O)c1ccccc1)N/N=C\c1ccccc1O. The molecule has 0 fully saturated rings. The summed E-state index contributed by atoms with van der Waals surface area (Å²) in [5.74, 6) is -0.193. The lowest BCUT2D eigenvalue weighted by Crippen LogP contribution is -2.18. The van der Waals surface area contributed by atoms with Crippen molar-refractivity contribution in [2.75, 3.05) is 0 Å². The van der Waals surface area contributed by atoms with Crippen molar-refractivity contribution in [3.8, 4) is 5.75 Å². The van der Waals surface area contributed by atoms with Gasteiger partial charge in [-0.2, -0.15) is 5.10 Å². The maximum atomic E-state index is 11.7. The first-order valence-corrected chi connectivity index (χ1v) is 6.99. The number of hydrogen-bond donors (Lipinski definition) is 3. The molecular formula is C17H18N2O3. The summed E-state index contributed by atoms with van der Waals surface area (Å²) in [4.78, 5) is 11.7. The van der Waals surface area contributed by atoms with Crippen molar-refractivity contribution >= 4 is 12.1 Å². The Bertz CT molecular complexity index is 641. The molecule has 0 aliphatic heterocycles. The van der Waals surface area contributed by atoms with Crippen LogP contribution in [0.2, 0.25) is 0 Å². The first-order valence-electron chi connectivity index (χ1n) is 6.99. The molecule has 2 rings (SSSR count). The van der Waals surface area contributed by atoms with E-state index in [2.05, 4.69) is 10.5 Å². The van der Waals surface area contributed by atoms with E-state index < -0.39 is 6.10 Å². The molecule has 3 N–H and O–H groups in total. The molecule has 0 saturated heterocycles. The fraction of sp³-hybridized carbons (Fsp3) is 0.176. The van der Waals surface area contributed by atoms with Gasteiger partial charge in [-0.3, -0.25) is 4.79 Å². The zero-order valence-electron chi connectivity index (χ0n) is 12.0. The zero-order chi connectivity index (χ0) is 15.8. The molecule has 0 aliphatic carbocycles. The number of hydrogen-bond acceptors (Lipinski definition) is 4. The Hall–Kier alpha value is -2.66. The lowest BCUT2D eigenvalue weighted by atomic mass is 10.1. The van der Waals surface area contributed by atoms with Gasteiger partial charge in [0.15, 0.2) is 0 Å². The number of aliphatic hydroxyl groups is 1. The van der Waals surface area contributed by atoms with Crippen LogP contribution >= 0.6 is 0 Å². The lowest BCUT2D eigenvalue weighted by Gasteiger charge is -2.09. The maximum absolute atomic E-state index is 11.7. The molecular weight excluding hydrogens is 280 g/mol. The van der Waals surface area contributed by atoms with Crippen molar-refractivity contribution in [3.63, 3.8) is 0 Å². The second-order valence-electron chi connectivity index (χ2n) is 4.82. The second kappa shape index (κ2) is 7.95. The van der Waals surface area contributed by atoms with Crippen LogP contribution in [0.3, 0.4) is 0 Å². The number of nitrogens with one attached hydrogen (secondary N) is 1. The summed E-state index contributed by atoms with van der Waals surface area (Å²) < 4.78 is 0. The van der Waals surface area contributed by atoms with Crippen LogP contribution in [0.25, 0.3) is 0 Å². The average Bonchev–Trinajstić information content (AvgIpc) is 2.55. The number of benzene rings is 2. The summed E-state index contributed by atoms with van der Waals surface area (Å²) >= 11 is 0. The summed E-state index contributed by atoms with van der Waals surface area (Å²) in [5.41, 5.74) is 3.68. The highest BCUT2D eigenvalue weighted by Crippen LogP contribution is 2.17. The van der Waals surface area contributed by atoms with Gasteiger partial charge in [-0.1, -0.05) is 42.5 Å². The lowest BCUT2D eigenvalue weighted by molar-refractivity contribution is -0.121. The molecule has 0 aromatic heterocycles. The minimum Gasteiger partial charge on any atom is -0.507 e. The summed E-state index contributed by atoms with van der Waals surface area (Å²) in [6.45, 7) is 0. The van der Waals surface area contributed by atoms with Crippen molar-refractivity contribution in [3.05, 3.63) is 65.7 Å². The molecule has 0 radical (unpaired) electrons. The molecule has 0 unspecified atom stereocenters. The number of nitrogens with zero attached hydrogens (tertiary/aromatic N) is 1. The first-order chi connectivity index (χ1) is 10.7. The highest BCUT2D eigenvalue weighted by atomic mass is 16.3. The van der Waals surface area contributed by atoms with Gasteiger partial charge in [-0.25, -0.2) is 5.43 Å². The Labute approximate surface area is 128 Å². The van der Waals surface area contributed by atoms with E-state index in [1.54, 1.807) is 24.3 Å². The van der Waals surface area contributed by atoms with Crippen LogP contribution in [0.4, 0.5) is 0 Å².